The van der Waals surface area contributed by atoms with Crippen LogP contribution in [-0.4, -0.2) is 20.8 Å². The molecule has 0 bridgehead atoms. The van der Waals surface area contributed by atoms with Crippen LogP contribution < -0.4 is 11.1 Å². The second-order valence-electron chi connectivity index (χ2n) is 4.04. The molecule has 0 aliphatic rings. The van der Waals surface area contributed by atoms with Gasteiger partial charge < -0.3 is 16.2 Å². The number of benzene rings is 1. The van der Waals surface area contributed by atoms with Gasteiger partial charge in [0.1, 0.15) is 12.3 Å². The lowest BCUT2D eigenvalue weighted by atomic mass is 10.2. The molecule has 1 amide bonds. The third kappa shape index (κ3) is 2.79. The highest BCUT2D eigenvalue weighted by Gasteiger charge is 2.08. The molecule has 0 aliphatic heterocycles. The standard InChI is InChI=1S/C12H14N4O2/c1-8-2-3-11(17)10(4-8)15-12(18)7-16-6-9(13)5-14-16/h2-6,17H,7,13H2,1H3,(H,15,18). The van der Waals surface area contributed by atoms with Gasteiger partial charge in [0.2, 0.25) is 5.91 Å². The summed E-state index contributed by atoms with van der Waals surface area (Å²) in [6.45, 7) is 1.92. The van der Waals surface area contributed by atoms with Crippen molar-refractivity contribution < 1.29 is 9.90 Å². The topological polar surface area (TPSA) is 93.2 Å². The molecule has 1 aromatic heterocycles. The molecule has 94 valence electrons. The number of amides is 1. The summed E-state index contributed by atoms with van der Waals surface area (Å²) < 4.78 is 1.43. The fraction of sp³-hybridized carbons (Fsp3) is 0.167. The minimum Gasteiger partial charge on any atom is -0.506 e. The Morgan fingerprint density at radius 1 is 1.56 bits per heavy atom. The van der Waals surface area contributed by atoms with E-state index >= 15 is 0 Å². The molecule has 6 nitrogen and oxygen atoms in total. The minimum atomic E-state index is -0.279. The van der Waals surface area contributed by atoms with Gasteiger partial charge in [-0.05, 0) is 24.6 Å². The summed E-state index contributed by atoms with van der Waals surface area (Å²) >= 11 is 0. The highest BCUT2D eigenvalue weighted by molar-refractivity contribution is 5.92. The van der Waals surface area contributed by atoms with Crippen molar-refractivity contribution >= 4 is 17.3 Å². The number of aromatic hydroxyl groups is 1. The van der Waals surface area contributed by atoms with E-state index in [1.807, 2.05) is 6.92 Å². The monoisotopic (exact) mass is 246 g/mol. The van der Waals surface area contributed by atoms with E-state index in [4.69, 9.17) is 5.73 Å². The second-order valence-corrected chi connectivity index (χ2v) is 4.04. The maximum Gasteiger partial charge on any atom is 0.246 e. The number of nitrogen functional groups attached to an aromatic ring is 1. The van der Waals surface area contributed by atoms with Gasteiger partial charge in [-0.15, -0.1) is 0 Å². The smallest absolute Gasteiger partial charge is 0.246 e. The van der Waals surface area contributed by atoms with Crippen LogP contribution >= 0.6 is 0 Å². The Morgan fingerprint density at radius 3 is 3.00 bits per heavy atom. The molecule has 0 saturated heterocycles. The summed E-state index contributed by atoms with van der Waals surface area (Å²) in [6.07, 6.45) is 3.03. The molecule has 18 heavy (non-hydrogen) atoms. The number of aryl methyl sites for hydroxylation is 1. The van der Waals surface area contributed by atoms with Crippen molar-refractivity contribution in [2.45, 2.75) is 13.5 Å². The number of carbonyl (C=O) groups excluding carboxylic acids is 1. The zero-order valence-electron chi connectivity index (χ0n) is 9.92. The zero-order valence-corrected chi connectivity index (χ0v) is 9.92. The first-order valence-electron chi connectivity index (χ1n) is 5.42. The number of rotatable bonds is 3. The Kier molecular flexibility index (Phi) is 3.18. The van der Waals surface area contributed by atoms with Crippen LogP contribution in [0.2, 0.25) is 0 Å². The summed E-state index contributed by atoms with van der Waals surface area (Å²) in [5.41, 5.74) is 7.34. The van der Waals surface area contributed by atoms with E-state index < -0.39 is 0 Å². The van der Waals surface area contributed by atoms with Crippen LogP contribution in [0.3, 0.4) is 0 Å². The lowest BCUT2D eigenvalue weighted by Gasteiger charge is -2.08. The molecule has 4 N–H and O–H groups in total. The molecule has 2 rings (SSSR count). The van der Waals surface area contributed by atoms with Crippen LogP contribution in [-0.2, 0) is 11.3 Å². The van der Waals surface area contributed by atoms with Gasteiger partial charge in [-0.1, -0.05) is 6.07 Å². The highest BCUT2D eigenvalue weighted by Crippen LogP contribution is 2.23. The quantitative estimate of drug-likeness (QED) is 0.707. The molecular formula is C12H14N4O2. The third-order valence-electron chi connectivity index (χ3n) is 2.38. The molecule has 1 aromatic carbocycles. The Bertz CT molecular complexity index is 577. The van der Waals surface area contributed by atoms with Crippen LogP contribution in [0.25, 0.3) is 0 Å². The molecular weight excluding hydrogens is 232 g/mol. The van der Waals surface area contributed by atoms with Gasteiger partial charge in [0.15, 0.2) is 0 Å². The molecule has 0 unspecified atom stereocenters. The molecule has 0 atom stereocenters. The minimum absolute atomic E-state index is 0.0360. The van der Waals surface area contributed by atoms with Crippen molar-refractivity contribution in [1.82, 2.24) is 9.78 Å². The number of hydrogen-bond donors (Lipinski definition) is 3. The number of nitrogens with zero attached hydrogens (tertiary/aromatic N) is 2. The molecule has 1 heterocycles. The van der Waals surface area contributed by atoms with Gasteiger partial charge in [-0.25, -0.2) is 0 Å². The first-order chi connectivity index (χ1) is 8.54. The largest absolute Gasteiger partial charge is 0.506 e. The van der Waals surface area contributed by atoms with E-state index in [1.54, 1.807) is 18.3 Å². The Balaban J connectivity index is 2.05. The van der Waals surface area contributed by atoms with E-state index in [-0.39, 0.29) is 18.2 Å². The first-order valence-corrected chi connectivity index (χ1v) is 5.42. The average molecular weight is 246 g/mol. The Morgan fingerprint density at radius 2 is 2.33 bits per heavy atom. The van der Waals surface area contributed by atoms with Gasteiger partial charge in [0.25, 0.3) is 0 Å². The van der Waals surface area contributed by atoms with Crippen molar-refractivity contribution in [3.63, 3.8) is 0 Å². The first kappa shape index (κ1) is 12.0. The maximum absolute atomic E-state index is 11.7. The molecule has 0 aliphatic carbocycles. The number of hydrogen-bond acceptors (Lipinski definition) is 4. The number of nitrogens with one attached hydrogen (secondary N) is 1. The third-order valence-corrected chi connectivity index (χ3v) is 2.38. The molecule has 0 fully saturated rings. The number of carbonyl (C=O) groups is 1. The highest BCUT2D eigenvalue weighted by atomic mass is 16.3. The number of phenolic OH excluding ortho intramolecular Hbond substituents is 1. The van der Waals surface area contributed by atoms with E-state index in [2.05, 4.69) is 10.4 Å². The Hall–Kier alpha value is -2.50. The van der Waals surface area contributed by atoms with E-state index in [1.165, 1.54) is 16.9 Å². The zero-order chi connectivity index (χ0) is 13.1. The predicted molar refractivity (Wildman–Crippen MR) is 68.1 cm³/mol. The van der Waals surface area contributed by atoms with Crippen LogP contribution in [0.1, 0.15) is 5.56 Å². The van der Waals surface area contributed by atoms with Crippen LogP contribution in [0.4, 0.5) is 11.4 Å². The van der Waals surface area contributed by atoms with Gasteiger partial charge in [0, 0.05) is 6.20 Å². The second kappa shape index (κ2) is 4.79. The molecule has 0 saturated carbocycles. The number of nitrogens with two attached hydrogens (primary N) is 1. The molecule has 0 radical (unpaired) electrons. The lowest BCUT2D eigenvalue weighted by molar-refractivity contribution is -0.116. The summed E-state index contributed by atoms with van der Waals surface area (Å²) in [7, 11) is 0. The Labute approximate surface area is 104 Å². The summed E-state index contributed by atoms with van der Waals surface area (Å²) in [4.78, 5) is 11.7. The van der Waals surface area contributed by atoms with Crippen molar-refractivity contribution in [1.29, 1.82) is 0 Å². The number of anilines is 2. The fourth-order valence-corrected chi connectivity index (χ4v) is 1.55. The number of phenols is 1. The van der Waals surface area contributed by atoms with Gasteiger partial charge in [-0.3, -0.25) is 9.48 Å². The van der Waals surface area contributed by atoms with Gasteiger partial charge >= 0.3 is 0 Å². The molecule has 0 spiro atoms. The SMILES string of the molecule is Cc1ccc(O)c(NC(=O)Cn2cc(N)cn2)c1. The van der Waals surface area contributed by atoms with E-state index in [9.17, 15) is 9.90 Å². The number of aromatic nitrogens is 2. The fourth-order valence-electron chi connectivity index (χ4n) is 1.55. The lowest BCUT2D eigenvalue weighted by Crippen LogP contribution is -2.19. The molecule has 2 aromatic rings. The maximum atomic E-state index is 11.7. The van der Waals surface area contributed by atoms with Crippen LogP contribution in [0.15, 0.2) is 30.6 Å². The average Bonchev–Trinajstić information content (AvgIpc) is 2.69. The van der Waals surface area contributed by atoms with Crippen molar-refractivity contribution in [2.75, 3.05) is 11.1 Å². The summed E-state index contributed by atoms with van der Waals surface area (Å²) in [5.74, 6) is -0.243. The van der Waals surface area contributed by atoms with E-state index in [0.29, 0.717) is 11.4 Å². The van der Waals surface area contributed by atoms with Crippen molar-refractivity contribution in [2.24, 2.45) is 0 Å². The predicted octanol–water partition coefficient (Wildman–Crippen LogP) is 1.12. The van der Waals surface area contributed by atoms with Crippen LogP contribution in [0.5, 0.6) is 5.75 Å². The van der Waals surface area contributed by atoms with Crippen molar-refractivity contribution in [3.05, 3.63) is 36.2 Å². The normalized spacial score (nSPS) is 10.3. The summed E-state index contributed by atoms with van der Waals surface area (Å²) in [5, 5.41) is 16.1. The molecule has 6 heteroatoms. The van der Waals surface area contributed by atoms with Crippen LogP contribution in [0, 0.1) is 6.92 Å². The van der Waals surface area contributed by atoms with Gasteiger partial charge in [0.05, 0.1) is 17.6 Å². The van der Waals surface area contributed by atoms with Gasteiger partial charge in [-0.2, -0.15) is 5.10 Å². The van der Waals surface area contributed by atoms with Crippen molar-refractivity contribution in [3.8, 4) is 5.75 Å². The van der Waals surface area contributed by atoms with E-state index in [0.717, 1.165) is 5.56 Å². The summed E-state index contributed by atoms with van der Waals surface area (Å²) in [6, 6.07) is 5.00.